The number of nitrogens with zero attached hydrogens (tertiary/aromatic N) is 2. The van der Waals surface area contributed by atoms with Crippen LogP contribution < -0.4 is 10.8 Å². The zero-order valence-electron chi connectivity index (χ0n) is 15.3. The van der Waals surface area contributed by atoms with Crippen LogP contribution in [0.3, 0.4) is 0 Å². The Kier molecular flexibility index (Phi) is 10.4. The molecule has 6 nitrogen and oxygen atoms in total. The summed E-state index contributed by atoms with van der Waals surface area (Å²) in [6.07, 6.45) is 5.25. The van der Waals surface area contributed by atoms with Gasteiger partial charge in [-0.05, 0) is 41.8 Å². The molecule has 10 heteroatoms. The van der Waals surface area contributed by atoms with E-state index in [9.17, 15) is 9.18 Å². The minimum absolute atomic E-state index is 0. The fourth-order valence-electron chi connectivity index (χ4n) is 2.99. The van der Waals surface area contributed by atoms with Gasteiger partial charge in [-0.3, -0.25) is 14.9 Å². The third-order valence-electron chi connectivity index (χ3n) is 4.33. The number of pyridine rings is 1. The number of amides is 1. The summed E-state index contributed by atoms with van der Waals surface area (Å²) in [5.74, 6) is -0.259. The Morgan fingerprint density at radius 2 is 2.07 bits per heavy atom. The van der Waals surface area contributed by atoms with Gasteiger partial charge < -0.3 is 5.32 Å². The normalized spacial score (nSPS) is 16.2. The van der Waals surface area contributed by atoms with Gasteiger partial charge in [0.1, 0.15) is 11.6 Å². The molecule has 1 saturated heterocycles. The molecule has 1 aromatic heterocycles. The van der Waals surface area contributed by atoms with Gasteiger partial charge in [-0.2, -0.15) is 0 Å². The molecule has 2 aromatic rings. The van der Waals surface area contributed by atoms with Crippen molar-refractivity contribution in [2.75, 3.05) is 18.4 Å². The van der Waals surface area contributed by atoms with Crippen LogP contribution in [-0.2, 0) is 11.3 Å². The molecule has 0 aliphatic carbocycles. The maximum absolute atomic E-state index is 13.0. The van der Waals surface area contributed by atoms with Crippen LogP contribution in [0.4, 0.5) is 10.2 Å². The highest BCUT2D eigenvalue weighted by Gasteiger charge is 2.23. The molecule has 1 aliphatic heterocycles. The number of hydrogen-bond donors (Lipinski definition) is 3. The Labute approximate surface area is 185 Å². The molecular weight excluding hydrogens is 442 g/mol. The molecule has 2 heterocycles. The van der Waals surface area contributed by atoms with Crippen molar-refractivity contribution < 1.29 is 14.4 Å². The Bertz CT molecular complexity index is 837. The fraction of sp³-hybridized carbons (Fsp3) is 0.263. The quantitative estimate of drug-likeness (QED) is 0.344. The van der Waals surface area contributed by atoms with Crippen molar-refractivity contribution in [3.63, 3.8) is 0 Å². The fourth-order valence-corrected chi connectivity index (χ4v) is 3.22. The lowest BCUT2D eigenvalue weighted by Crippen LogP contribution is -2.26. The van der Waals surface area contributed by atoms with E-state index in [1.807, 2.05) is 0 Å². The summed E-state index contributed by atoms with van der Waals surface area (Å²) in [7, 11) is 0. The van der Waals surface area contributed by atoms with E-state index in [4.69, 9.17) is 16.8 Å². The van der Waals surface area contributed by atoms with E-state index in [1.165, 1.54) is 29.8 Å². The summed E-state index contributed by atoms with van der Waals surface area (Å²) in [4.78, 5) is 17.6. The molecule has 1 atom stereocenters. The van der Waals surface area contributed by atoms with Crippen LogP contribution in [0.25, 0.3) is 6.08 Å². The van der Waals surface area contributed by atoms with E-state index in [0.717, 1.165) is 31.6 Å². The zero-order chi connectivity index (χ0) is 19.2. The predicted octanol–water partition coefficient (Wildman–Crippen LogP) is 3.92. The van der Waals surface area contributed by atoms with Crippen molar-refractivity contribution in [2.45, 2.75) is 19.0 Å². The molecular formula is C19H22Cl3FN4O2. The van der Waals surface area contributed by atoms with Crippen molar-refractivity contribution in [1.29, 1.82) is 0 Å². The first kappa shape index (κ1) is 25.1. The Morgan fingerprint density at radius 1 is 1.34 bits per heavy atom. The lowest BCUT2D eigenvalue weighted by molar-refractivity contribution is -0.124. The summed E-state index contributed by atoms with van der Waals surface area (Å²) < 4.78 is 13.0. The van der Waals surface area contributed by atoms with Crippen LogP contribution in [0.15, 0.2) is 42.6 Å². The zero-order valence-corrected chi connectivity index (χ0v) is 17.7. The first-order valence-electron chi connectivity index (χ1n) is 8.54. The summed E-state index contributed by atoms with van der Waals surface area (Å²) in [6.45, 7) is 2.55. The van der Waals surface area contributed by atoms with Crippen LogP contribution in [-0.4, -0.2) is 40.1 Å². The van der Waals surface area contributed by atoms with E-state index in [1.54, 1.807) is 24.4 Å². The number of carbonyl (C=O) groups excluding carboxylic acids is 1. The summed E-state index contributed by atoms with van der Waals surface area (Å²) in [5.41, 5.74) is 3.25. The number of anilines is 1. The smallest absolute Gasteiger partial charge is 0.267 e. The second-order valence-electron chi connectivity index (χ2n) is 6.40. The third-order valence-corrected chi connectivity index (χ3v) is 4.62. The van der Waals surface area contributed by atoms with Crippen LogP contribution in [0, 0.1) is 5.82 Å². The van der Waals surface area contributed by atoms with Crippen molar-refractivity contribution >= 4 is 54.2 Å². The van der Waals surface area contributed by atoms with Gasteiger partial charge >= 0.3 is 0 Å². The average molecular weight is 464 g/mol. The maximum atomic E-state index is 13.0. The molecule has 0 spiro atoms. The highest BCUT2D eigenvalue weighted by atomic mass is 35.5. The molecule has 29 heavy (non-hydrogen) atoms. The summed E-state index contributed by atoms with van der Waals surface area (Å²) in [6, 6.07) is 8.48. The first-order valence-corrected chi connectivity index (χ1v) is 8.92. The second-order valence-corrected chi connectivity index (χ2v) is 6.81. The lowest BCUT2D eigenvalue weighted by Gasteiger charge is -2.17. The van der Waals surface area contributed by atoms with Crippen LogP contribution in [0.5, 0.6) is 0 Å². The number of halogens is 4. The average Bonchev–Trinajstić information content (AvgIpc) is 3.10. The van der Waals surface area contributed by atoms with E-state index in [0.29, 0.717) is 16.4 Å². The monoisotopic (exact) mass is 462 g/mol. The Morgan fingerprint density at radius 3 is 2.72 bits per heavy atom. The number of benzene rings is 1. The minimum atomic E-state index is -0.625. The van der Waals surface area contributed by atoms with Crippen molar-refractivity contribution in [1.82, 2.24) is 15.4 Å². The van der Waals surface area contributed by atoms with Crippen molar-refractivity contribution in [3.8, 4) is 0 Å². The summed E-state index contributed by atoms with van der Waals surface area (Å²) in [5, 5.41) is 12.3. The van der Waals surface area contributed by atoms with Gasteiger partial charge in [0, 0.05) is 37.9 Å². The maximum Gasteiger partial charge on any atom is 0.267 e. The van der Waals surface area contributed by atoms with Gasteiger partial charge in [0.05, 0.1) is 5.02 Å². The predicted molar refractivity (Wildman–Crippen MR) is 116 cm³/mol. The molecule has 1 fully saturated rings. The molecule has 0 unspecified atom stereocenters. The standard InChI is InChI=1S/C19H20ClFN4O2.2ClH/c20-17-9-14(3-6-18(26)24-27)10-22-19(17)23-16-7-8-25(12-16)11-13-1-4-15(21)5-2-13;;/h1-6,9-10,16,27H,7-8,11-12H2,(H,22,23)(H,24,26);2*1H/t16-;;/m1../s1. The Balaban J connectivity index is 0.00000210. The number of hydroxylamine groups is 1. The number of likely N-dealkylation sites (tertiary alicyclic amines) is 1. The van der Waals surface area contributed by atoms with Crippen molar-refractivity contribution in [2.24, 2.45) is 0 Å². The largest absolute Gasteiger partial charge is 0.365 e. The highest BCUT2D eigenvalue weighted by Crippen LogP contribution is 2.24. The van der Waals surface area contributed by atoms with Gasteiger partial charge in [-0.15, -0.1) is 24.8 Å². The summed E-state index contributed by atoms with van der Waals surface area (Å²) >= 11 is 6.28. The molecule has 1 aliphatic rings. The molecule has 0 saturated carbocycles. The van der Waals surface area contributed by atoms with E-state index in [-0.39, 0.29) is 36.7 Å². The topological polar surface area (TPSA) is 77.5 Å². The molecule has 158 valence electrons. The van der Waals surface area contributed by atoms with Crippen LogP contribution in [0.2, 0.25) is 5.02 Å². The molecule has 3 rings (SSSR count). The van der Waals surface area contributed by atoms with Gasteiger partial charge in [-0.1, -0.05) is 23.7 Å². The second kappa shape index (κ2) is 11.9. The SMILES string of the molecule is Cl.Cl.O=C(C=Cc1cnc(N[C@@H]2CCN(Cc3ccc(F)cc3)C2)c(Cl)c1)NO. The van der Waals surface area contributed by atoms with Gasteiger partial charge in [-0.25, -0.2) is 14.9 Å². The Hall–Kier alpha value is -1.90. The van der Waals surface area contributed by atoms with Gasteiger partial charge in [0.2, 0.25) is 0 Å². The number of carbonyl (C=O) groups is 1. The van der Waals surface area contributed by atoms with Gasteiger partial charge in [0.25, 0.3) is 5.91 Å². The molecule has 0 radical (unpaired) electrons. The number of nitrogens with one attached hydrogen (secondary N) is 2. The van der Waals surface area contributed by atoms with Crippen LogP contribution >= 0.6 is 36.4 Å². The van der Waals surface area contributed by atoms with E-state index in [2.05, 4.69) is 15.2 Å². The number of hydrogen-bond acceptors (Lipinski definition) is 5. The van der Waals surface area contributed by atoms with Crippen LogP contribution in [0.1, 0.15) is 17.5 Å². The minimum Gasteiger partial charge on any atom is -0.365 e. The molecule has 3 N–H and O–H groups in total. The lowest BCUT2D eigenvalue weighted by atomic mass is 10.2. The first-order chi connectivity index (χ1) is 13.0. The van der Waals surface area contributed by atoms with Gasteiger partial charge in [0.15, 0.2) is 0 Å². The number of aromatic nitrogens is 1. The highest BCUT2D eigenvalue weighted by molar-refractivity contribution is 6.33. The molecule has 0 bridgehead atoms. The number of rotatable bonds is 6. The molecule has 1 aromatic carbocycles. The van der Waals surface area contributed by atoms with E-state index >= 15 is 0 Å². The van der Waals surface area contributed by atoms with E-state index < -0.39 is 5.91 Å². The molecule has 1 amide bonds. The van der Waals surface area contributed by atoms with Crippen molar-refractivity contribution in [3.05, 3.63) is 64.6 Å². The third kappa shape index (κ3) is 7.45.